The van der Waals surface area contributed by atoms with E-state index in [4.69, 9.17) is 4.74 Å². The molecule has 1 saturated heterocycles. The van der Waals surface area contributed by atoms with Crippen LogP contribution < -0.4 is 5.32 Å². The summed E-state index contributed by atoms with van der Waals surface area (Å²) in [6.07, 6.45) is 1.12. The maximum atomic E-state index is 5.29. The Hall–Kier alpha value is -0.220. The molecule has 0 aromatic heterocycles. The van der Waals surface area contributed by atoms with Gasteiger partial charge in [0, 0.05) is 18.9 Å². The molecule has 13 heavy (non-hydrogen) atoms. The molecule has 4 heteroatoms. The number of rotatable bonds is 1. The van der Waals surface area contributed by atoms with Gasteiger partial charge in [0.15, 0.2) is 5.17 Å². The van der Waals surface area contributed by atoms with Crippen molar-refractivity contribution in [3.8, 4) is 0 Å². The van der Waals surface area contributed by atoms with Crippen molar-refractivity contribution in [3.05, 3.63) is 0 Å². The molecule has 2 atom stereocenters. The van der Waals surface area contributed by atoms with E-state index in [0.29, 0.717) is 6.04 Å². The van der Waals surface area contributed by atoms with E-state index in [0.717, 1.165) is 37.3 Å². The van der Waals surface area contributed by atoms with Crippen LogP contribution in [0.2, 0.25) is 0 Å². The lowest BCUT2D eigenvalue weighted by atomic mass is 10.2. The molecule has 0 radical (unpaired) electrons. The van der Waals surface area contributed by atoms with Crippen LogP contribution in [0.4, 0.5) is 0 Å². The van der Waals surface area contributed by atoms with E-state index in [1.807, 2.05) is 11.8 Å². The van der Waals surface area contributed by atoms with Gasteiger partial charge in [0.1, 0.15) is 0 Å². The lowest BCUT2D eigenvalue weighted by Gasteiger charge is -2.20. The largest absolute Gasteiger partial charge is 0.379 e. The lowest BCUT2D eigenvalue weighted by molar-refractivity contribution is 0.192. The van der Waals surface area contributed by atoms with Crippen molar-refractivity contribution in [2.45, 2.75) is 19.4 Å². The fourth-order valence-corrected chi connectivity index (χ4v) is 2.43. The average molecular weight is 200 g/mol. The van der Waals surface area contributed by atoms with E-state index in [9.17, 15) is 0 Å². The van der Waals surface area contributed by atoms with Gasteiger partial charge >= 0.3 is 0 Å². The third kappa shape index (κ3) is 2.61. The molecule has 0 aliphatic carbocycles. The molecule has 2 unspecified atom stereocenters. The Morgan fingerprint density at radius 3 is 3.15 bits per heavy atom. The van der Waals surface area contributed by atoms with E-state index >= 15 is 0 Å². The molecule has 2 aliphatic heterocycles. The number of hydrogen-bond acceptors (Lipinski definition) is 4. The van der Waals surface area contributed by atoms with Gasteiger partial charge in [-0.1, -0.05) is 18.7 Å². The standard InChI is InChI=1S/C9H16N2OS/c1-7-4-10-9(13-6-7)11-8-2-3-12-5-8/h7-8H,2-6H2,1H3,(H,10,11). The minimum atomic E-state index is 0.500. The average Bonchev–Trinajstić information content (AvgIpc) is 2.62. The highest BCUT2D eigenvalue weighted by atomic mass is 32.2. The molecule has 1 N–H and O–H groups in total. The summed E-state index contributed by atoms with van der Waals surface area (Å²) in [5.74, 6) is 1.93. The molecule has 2 aliphatic rings. The van der Waals surface area contributed by atoms with Crippen LogP contribution in [-0.2, 0) is 4.74 Å². The van der Waals surface area contributed by atoms with Gasteiger partial charge in [-0.25, -0.2) is 0 Å². The Kier molecular flexibility index (Phi) is 3.11. The second-order valence-corrected chi connectivity index (χ2v) is 4.78. The third-order valence-corrected chi connectivity index (χ3v) is 3.56. The third-order valence-electron chi connectivity index (χ3n) is 2.31. The van der Waals surface area contributed by atoms with Gasteiger partial charge in [0.05, 0.1) is 12.6 Å². The summed E-state index contributed by atoms with van der Waals surface area (Å²) in [4.78, 5) is 4.49. The fourth-order valence-electron chi connectivity index (χ4n) is 1.47. The van der Waals surface area contributed by atoms with E-state index < -0.39 is 0 Å². The number of amidine groups is 1. The SMILES string of the molecule is CC1CN=C(NC2CCOC2)SC1. The molecule has 0 saturated carbocycles. The van der Waals surface area contributed by atoms with Crippen molar-refractivity contribution in [1.82, 2.24) is 5.32 Å². The van der Waals surface area contributed by atoms with Gasteiger partial charge in [-0.2, -0.15) is 0 Å². The summed E-state index contributed by atoms with van der Waals surface area (Å²) in [7, 11) is 0. The van der Waals surface area contributed by atoms with Gasteiger partial charge in [0.2, 0.25) is 0 Å². The van der Waals surface area contributed by atoms with E-state index in [1.165, 1.54) is 5.75 Å². The Morgan fingerprint density at radius 1 is 1.62 bits per heavy atom. The van der Waals surface area contributed by atoms with Crippen molar-refractivity contribution in [3.63, 3.8) is 0 Å². The maximum Gasteiger partial charge on any atom is 0.156 e. The molecule has 3 nitrogen and oxygen atoms in total. The topological polar surface area (TPSA) is 33.6 Å². The predicted octanol–water partition coefficient (Wildman–Crippen LogP) is 1.10. The quantitative estimate of drug-likeness (QED) is 0.688. The summed E-state index contributed by atoms with van der Waals surface area (Å²) in [5, 5.41) is 4.55. The van der Waals surface area contributed by atoms with Gasteiger partial charge in [-0.05, 0) is 12.3 Å². The summed E-state index contributed by atoms with van der Waals surface area (Å²) in [6, 6.07) is 0.500. The van der Waals surface area contributed by atoms with E-state index in [2.05, 4.69) is 17.2 Å². The number of nitrogens with one attached hydrogen (secondary N) is 1. The van der Waals surface area contributed by atoms with Crippen LogP contribution in [0.3, 0.4) is 0 Å². The van der Waals surface area contributed by atoms with Gasteiger partial charge < -0.3 is 10.1 Å². The summed E-state index contributed by atoms with van der Waals surface area (Å²) >= 11 is 1.84. The normalized spacial score (nSPS) is 34.4. The number of aliphatic imine (C=N–C) groups is 1. The van der Waals surface area contributed by atoms with Crippen molar-refractivity contribution in [1.29, 1.82) is 0 Å². The summed E-state index contributed by atoms with van der Waals surface area (Å²) in [5.41, 5.74) is 0. The van der Waals surface area contributed by atoms with Crippen LogP contribution in [0.25, 0.3) is 0 Å². The molecular formula is C9H16N2OS. The zero-order chi connectivity index (χ0) is 9.10. The van der Waals surface area contributed by atoms with Crippen molar-refractivity contribution in [2.24, 2.45) is 10.9 Å². The summed E-state index contributed by atoms with van der Waals surface area (Å²) < 4.78 is 5.29. The highest BCUT2D eigenvalue weighted by Crippen LogP contribution is 2.17. The van der Waals surface area contributed by atoms with Gasteiger partial charge in [-0.15, -0.1) is 0 Å². The molecule has 0 aromatic rings. The Balaban J connectivity index is 1.80. The minimum Gasteiger partial charge on any atom is -0.379 e. The molecule has 0 bridgehead atoms. The molecule has 0 amide bonds. The highest BCUT2D eigenvalue weighted by Gasteiger charge is 2.19. The zero-order valence-corrected chi connectivity index (χ0v) is 8.77. The first-order valence-electron chi connectivity index (χ1n) is 4.86. The smallest absolute Gasteiger partial charge is 0.156 e. The monoisotopic (exact) mass is 200 g/mol. The maximum absolute atomic E-state index is 5.29. The predicted molar refractivity (Wildman–Crippen MR) is 56.3 cm³/mol. The molecule has 1 fully saturated rings. The molecule has 2 heterocycles. The Morgan fingerprint density at radius 2 is 2.54 bits per heavy atom. The molecule has 0 spiro atoms. The number of ether oxygens (including phenoxy) is 1. The second kappa shape index (κ2) is 4.33. The number of thioether (sulfide) groups is 1. The number of hydrogen-bond donors (Lipinski definition) is 1. The fraction of sp³-hybridized carbons (Fsp3) is 0.889. The first-order valence-corrected chi connectivity index (χ1v) is 5.84. The van der Waals surface area contributed by atoms with Crippen LogP contribution in [0.5, 0.6) is 0 Å². The van der Waals surface area contributed by atoms with Crippen LogP contribution in [-0.4, -0.2) is 36.7 Å². The zero-order valence-electron chi connectivity index (χ0n) is 7.95. The van der Waals surface area contributed by atoms with Gasteiger partial charge in [-0.3, -0.25) is 4.99 Å². The Bertz CT molecular complexity index is 202. The molecular weight excluding hydrogens is 184 g/mol. The summed E-state index contributed by atoms with van der Waals surface area (Å²) in [6.45, 7) is 4.95. The van der Waals surface area contributed by atoms with E-state index in [1.54, 1.807) is 0 Å². The molecule has 74 valence electrons. The Labute approximate surface area is 83.3 Å². The highest BCUT2D eigenvalue weighted by molar-refractivity contribution is 8.13. The van der Waals surface area contributed by atoms with Crippen molar-refractivity contribution < 1.29 is 4.74 Å². The number of nitrogens with zero attached hydrogens (tertiary/aromatic N) is 1. The van der Waals surface area contributed by atoms with Crippen LogP contribution >= 0.6 is 11.8 Å². The minimum absolute atomic E-state index is 0.500. The van der Waals surface area contributed by atoms with Crippen molar-refractivity contribution in [2.75, 3.05) is 25.5 Å². The van der Waals surface area contributed by atoms with Crippen molar-refractivity contribution >= 4 is 16.9 Å². The first kappa shape index (κ1) is 9.34. The lowest BCUT2D eigenvalue weighted by Crippen LogP contribution is -2.35. The van der Waals surface area contributed by atoms with Crippen LogP contribution in [0.1, 0.15) is 13.3 Å². The van der Waals surface area contributed by atoms with E-state index in [-0.39, 0.29) is 0 Å². The second-order valence-electron chi connectivity index (χ2n) is 3.77. The van der Waals surface area contributed by atoms with Gasteiger partial charge in [0.25, 0.3) is 0 Å². The van der Waals surface area contributed by atoms with Crippen LogP contribution in [0.15, 0.2) is 4.99 Å². The molecule has 2 rings (SSSR count). The molecule has 0 aromatic carbocycles. The first-order chi connectivity index (χ1) is 6.34. The van der Waals surface area contributed by atoms with Crippen LogP contribution in [0, 0.1) is 5.92 Å².